The van der Waals surface area contributed by atoms with Gasteiger partial charge in [0.2, 0.25) is 0 Å². The van der Waals surface area contributed by atoms with E-state index in [0.29, 0.717) is 12.3 Å². The van der Waals surface area contributed by atoms with Crippen molar-refractivity contribution in [1.82, 2.24) is 5.32 Å². The first-order valence-corrected chi connectivity index (χ1v) is 6.25. The van der Waals surface area contributed by atoms with Gasteiger partial charge in [-0.2, -0.15) is 0 Å². The minimum atomic E-state index is -0.630. The molecule has 0 bridgehead atoms. The lowest BCUT2D eigenvalue weighted by molar-refractivity contribution is 0.144. The predicted octanol–water partition coefficient (Wildman–Crippen LogP) is 3.32. The lowest BCUT2D eigenvalue weighted by atomic mass is 10.1. The van der Waals surface area contributed by atoms with Gasteiger partial charge in [0.05, 0.1) is 6.26 Å². The molecule has 0 spiro atoms. The van der Waals surface area contributed by atoms with E-state index in [0.717, 1.165) is 10.6 Å². The zero-order valence-corrected chi connectivity index (χ0v) is 10.9. The summed E-state index contributed by atoms with van der Waals surface area (Å²) in [5.74, 6) is 0.575. The molecular weight excluding hydrogens is 250 g/mol. The minimum Gasteiger partial charge on any atom is -0.467 e. The lowest BCUT2D eigenvalue weighted by Crippen LogP contribution is -2.24. The molecule has 1 aromatic carbocycles. The zero-order chi connectivity index (χ0) is 13.0. The van der Waals surface area contributed by atoms with E-state index in [2.05, 4.69) is 5.32 Å². The molecule has 2 rings (SSSR count). The summed E-state index contributed by atoms with van der Waals surface area (Å²) >= 11 is 5.84. The van der Waals surface area contributed by atoms with Crippen molar-refractivity contribution in [2.24, 2.45) is 0 Å². The Kier molecular flexibility index (Phi) is 4.42. The number of aliphatic hydroxyl groups excluding tert-OH is 1. The van der Waals surface area contributed by atoms with Crippen LogP contribution in [0.5, 0.6) is 0 Å². The van der Waals surface area contributed by atoms with Crippen molar-refractivity contribution in [2.75, 3.05) is 6.54 Å². The number of nitrogens with one attached hydrogen (secondary N) is 1. The number of rotatable bonds is 5. The number of benzene rings is 1. The van der Waals surface area contributed by atoms with Crippen LogP contribution in [0.2, 0.25) is 5.02 Å². The Bertz CT molecular complexity index is 467. The quantitative estimate of drug-likeness (QED) is 0.872. The molecule has 0 aliphatic heterocycles. The van der Waals surface area contributed by atoms with Crippen molar-refractivity contribution in [3.8, 4) is 0 Å². The Morgan fingerprint density at radius 3 is 2.61 bits per heavy atom. The molecule has 18 heavy (non-hydrogen) atoms. The summed E-state index contributed by atoms with van der Waals surface area (Å²) in [6.07, 6.45) is 0.927. The third-order valence-electron chi connectivity index (χ3n) is 2.86. The van der Waals surface area contributed by atoms with Gasteiger partial charge in [-0.1, -0.05) is 23.7 Å². The number of furan rings is 1. The summed E-state index contributed by atoms with van der Waals surface area (Å²) in [6.45, 7) is 2.48. The van der Waals surface area contributed by atoms with E-state index in [1.807, 2.05) is 31.2 Å². The van der Waals surface area contributed by atoms with E-state index in [-0.39, 0.29) is 6.04 Å². The fraction of sp³-hybridized carbons (Fsp3) is 0.286. The first kappa shape index (κ1) is 13.1. The van der Waals surface area contributed by atoms with Gasteiger partial charge in [-0.3, -0.25) is 0 Å². The van der Waals surface area contributed by atoms with Crippen LogP contribution in [0.15, 0.2) is 47.1 Å². The van der Waals surface area contributed by atoms with E-state index >= 15 is 0 Å². The monoisotopic (exact) mass is 265 g/mol. The van der Waals surface area contributed by atoms with Gasteiger partial charge in [0, 0.05) is 17.6 Å². The normalized spacial score (nSPS) is 14.4. The van der Waals surface area contributed by atoms with Crippen molar-refractivity contribution in [2.45, 2.75) is 19.1 Å². The van der Waals surface area contributed by atoms with Crippen LogP contribution >= 0.6 is 11.6 Å². The van der Waals surface area contributed by atoms with Crippen LogP contribution in [0.1, 0.15) is 30.4 Å². The summed E-state index contributed by atoms with van der Waals surface area (Å²) < 4.78 is 5.14. The fourth-order valence-corrected chi connectivity index (χ4v) is 1.87. The van der Waals surface area contributed by atoms with Crippen molar-refractivity contribution < 1.29 is 9.52 Å². The first-order valence-electron chi connectivity index (χ1n) is 5.87. The van der Waals surface area contributed by atoms with Gasteiger partial charge in [0.1, 0.15) is 11.9 Å². The highest BCUT2D eigenvalue weighted by atomic mass is 35.5. The van der Waals surface area contributed by atoms with Crippen molar-refractivity contribution in [3.63, 3.8) is 0 Å². The Morgan fingerprint density at radius 2 is 2.00 bits per heavy atom. The smallest absolute Gasteiger partial charge is 0.133 e. The van der Waals surface area contributed by atoms with Gasteiger partial charge in [0.25, 0.3) is 0 Å². The highest BCUT2D eigenvalue weighted by molar-refractivity contribution is 6.30. The summed E-state index contributed by atoms with van der Waals surface area (Å²) in [5.41, 5.74) is 1.13. The number of hydrogen-bond donors (Lipinski definition) is 2. The van der Waals surface area contributed by atoms with Crippen LogP contribution in [0.3, 0.4) is 0 Å². The summed E-state index contributed by atoms with van der Waals surface area (Å²) in [6, 6.07) is 11.3. The van der Waals surface area contributed by atoms with Crippen molar-refractivity contribution >= 4 is 11.6 Å². The Morgan fingerprint density at radius 1 is 1.28 bits per heavy atom. The van der Waals surface area contributed by atoms with Gasteiger partial charge >= 0.3 is 0 Å². The lowest BCUT2D eigenvalue weighted by Gasteiger charge is -2.16. The topological polar surface area (TPSA) is 45.4 Å². The van der Waals surface area contributed by atoms with Crippen LogP contribution in [-0.4, -0.2) is 11.7 Å². The second-order valence-corrected chi connectivity index (χ2v) is 4.65. The minimum absolute atomic E-state index is 0.145. The van der Waals surface area contributed by atoms with E-state index in [9.17, 15) is 5.11 Å². The van der Waals surface area contributed by atoms with Crippen LogP contribution in [0.4, 0.5) is 0 Å². The molecule has 0 aliphatic rings. The molecule has 0 saturated carbocycles. The van der Waals surface area contributed by atoms with Gasteiger partial charge in [0.15, 0.2) is 0 Å². The molecule has 1 heterocycles. The second-order valence-electron chi connectivity index (χ2n) is 4.21. The summed E-state index contributed by atoms with van der Waals surface area (Å²) in [5, 5.41) is 13.8. The van der Waals surface area contributed by atoms with Crippen molar-refractivity contribution in [3.05, 3.63) is 59.0 Å². The number of hydrogen-bond acceptors (Lipinski definition) is 3. The molecule has 1 aromatic heterocycles. The molecule has 2 atom stereocenters. The molecule has 0 radical (unpaired) electrons. The highest BCUT2D eigenvalue weighted by Crippen LogP contribution is 2.17. The van der Waals surface area contributed by atoms with Gasteiger partial charge in [-0.15, -0.1) is 0 Å². The van der Waals surface area contributed by atoms with Crippen LogP contribution < -0.4 is 5.32 Å². The van der Waals surface area contributed by atoms with E-state index in [1.165, 1.54) is 0 Å². The van der Waals surface area contributed by atoms with Crippen LogP contribution in [-0.2, 0) is 0 Å². The van der Waals surface area contributed by atoms with E-state index in [1.54, 1.807) is 18.4 Å². The molecule has 96 valence electrons. The zero-order valence-electron chi connectivity index (χ0n) is 10.1. The number of aliphatic hydroxyl groups is 1. The van der Waals surface area contributed by atoms with Crippen molar-refractivity contribution in [1.29, 1.82) is 0 Å². The maximum Gasteiger partial charge on any atom is 0.133 e. The Hall–Kier alpha value is -1.29. The largest absolute Gasteiger partial charge is 0.467 e. The molecule has 4 heteroatoms. The third kappa shape index (κ3) is 3.35. The molecule has 2 unspecified atom stereocenters. The molecule has 0 fully saturated rings. The van der Waals surface area contributed by atoms with Gasteiger partial charge in [-0.05, 0) is 36.8 Å². The maximum atomic E-state index is 9.87. The average Bonchev–Trinajstić information content (AvgIpc) is 2.90. The fourth-order valence-electron chi connectivity index (χ4n) is 1.74. The van der Waals surface area contributed by atoms with Crippen LogP contribution in [0, 0.1) is 0 Å². The average molecular weight is 266 g/mol. The molecule has 0 amide bonds. The maximum absolute atomic E-state index is 9.87. The van der Waals surface area contributed by atoms with E-state index in [4.69, 9.17) is 16.0 Å². The Balaban J connectivity index is 1.88. The van der Waals surface area contributed by atoms with E-state index < -0.39 is 6.10 Å². The second kappa shape index (κ2) is 6.05. The SMILES string of the molecule is CC(NCC(O)c1ccco1)c1ccc(Cl)cc1. The van der Waals surface area contributed by atoms with Gasteiger partial charge in [-0.25, -0.2) is 0 Å². The molecular formula is C14H16ClNO2. The first-order chi connectivity index (χ1) is 8.66. The standard InChI is InChI=1S/C14H16ClNO2/c1-10(11-4-6-12(15)7-5-11)16-9-13(17)14-3-2-8-18-14/h2-8,10,13,16-17H,9H2,1H3. The number of halogens is 1. The molecule has 0 aliphatic carbocycles. The summed E-state index contributed by atoms with van der Waals surface area (Å²) in [4.78, 5) is 0. The van der Waals surface area contributed by atoms with Gasteiger partial charge < -0.3 is 14.8 Å². The Labute approximate surface area is 111 Å². The molecule has 3 nitrogen and oxygen atoms in total. The highest BCUT2D eigenvalue weighted by Gasteiger charge is 2.12. The third-order valence-corrected chi connectivity index (χ3v) is 3.11. The predicted molar refractivity (Wildman–Crippen MR) is 71.5 cm³/mol. The summed E-state index contributed by atoms with van der Waals surface area (Å²) in [7, 11) is 0. The molecule has 2 N–H and O–H groups in total. The van der Waals surface area contributed by atoms with Crippen LogP contribution in [0.25, 0.3) is 0 Å². The molecule has 2 aromatic rings. The molecule has 0 saturated heterocycles.